The molecule has 1 aromatic rings. The van der Waals surface area contributed by atoms with Crippen molar-refractivity contribution in [3.63, 3.8) is 0 Å². The van der Waals surface area contributed by atoms with E-state index in [0.29, 0.717) is 23.2 Å². The van der Waals surface area contributed by atoms with Crippen molar-refractivity contribution in [2.24, 2.45) is 5.92 Å². The highest BCUT2D eigenvalue weighted by Gasteiger charge is 2.58. The molecule has 4 rings (SSSR count). The number of nitrogens with zero attached hydrogens (tertiary/aromatic N) is 1. The van der Waals surface area contributed by atoms with Crippen molar-refractivity contribution in [3.05, 3.63) is 23.8 Å². The van der Waals surface area contributed by atoms with Crippen LogP contribution in [0.5, 0.6) is 11.5 Å². The van der Waals surface area contributed by atoms with Gasteiger partial charge in [-0.2, -0.15) is 0 Å². The third-order valence-corrected chi connectivity index (χ3v) is 7.44. The third kappa shape index (κ3) is 3.24. The Hall–Kier alpha value is -1.53. The van der Waals surface area contributed by atoms with E-state index in [0.717, 1.165) is 37.7 Å². The van der Waals surface area contributed by atoms with E-state index in [2.05, 4.69) is 5.32 Å². The molecule has 0 amide bonds. The van der Waals surface area contributed by atoms with Crippen LogP contribution in [0.3, 0.4) is 0 Å². The first-order valence-corrected chi connectivity index (χ1v) is 11.0. The van der Waals surface area contributed by atoms with Gasteiger partial charge in [0.2, 0.25) is 0 Å². The lowest BCUT2D eigenvalue weighted by atomic mass is 9.62. The zero-order valence-electron chi connectivity index (χ0n) is 17.0. The second-order valence-electron chi connectivity index (χ2n) is 8.60. The Morgan fingerprint density at radius 3 is 2.50 bits per heavy atom. The monoisotopic (exact) mass is 404 g/mol. The fraction of sp³-hybridized carbons (Fsp3) is 0.682. The van der Waals surface area contributed by atoms with Crippen molar-refractivity contribution in [2.45, 2.75) is 75.6 Å². The fourth-order valence-electron chi connectivity index (χ4n) is 5.75. The van der Waals surface area contributed by atoms with Gasteiger partial charge in [-0.05, 0) is 62.0 Å². The molecule has 0 bridgehead atoms. The molecule has 3 aliphatic rings. The molecule has 0 radical (unpaired) electrons. The van der Waals surface area contributed by atoms with Crippen LogP contribution in [0.1, 0.15) is 63.4 Å². The summed E-state index contributed by atoms with van der Waals surface area (Å²) in [6, 6.07) is 5.92. The zero-order chi connectivity index (χ0) is 19.8. The van der Waals surface area contributed by atoms with Crippen molar-refractivity contribution in [1.29, 1.82) is 0 Å². The Morgan fingerprint density at radius 2 is 1.79 bits per heavy atom. The van der Waals surface area contributed by atoms with E-state index in [1.54, 1.807) is 14.2 Å². The molecule has 28 heavy (non-hydrogen) atoms. The molecule has 6 heteroatoms. The van der Waals surface area contributed by atoms with Crippen LogP contribution in [0.15, 0.2) is 18.2 Å². The zero-order valence-corrected chi connectivity index (χ0v) is 17.8. The first-order chi connectivity index (χ1) is 13.5. The third-order valence-electron chi connectivity index (χ3n) is 7.12. The second-order valence-corrected chi connectivity index (χ2v) is 8.99. The Balaban J connectivity index is 1.65. The van der Waals surface area contributed by atoms with Crippen molar-refractivity contribution in [3.8, 4) is 11.5 Å². The van der Waals surface area contributed by atoms with Gasteiger partial charge >= 0.3 is 0 Å². The number of hydrogen-bond acceptors (Lipinski definition) is 4. The topological polar surface area (TPSA) is 54.0 Å². The number of thiocarbonyl (C=S) groups is 1. The maximum absolute atomic E-state index is 12.0. The lowest BCUT2D eigenvalue weighted by molar-refractivity contribution is -0.184. The SMILES string of the molecule is COc1ccc(CN2C(=S)NC3(CCCCC3)C3CCCCC32O)cc1OC. The summed E-state index contributed by atoms with van der Waals surface area (Å²) < 4.78 is 10.8. The Morgan fingerprint density at radius 1 is 1.07 bits per heavy atom. The van der Waals surface area contributed by atoms with Gasteiger partial charge in [-0.25, -0.2) is 0 Å². The van der Waals surface area contributed by atoms with Crippen LogP contribution < -0.4 is 14.8 Å². The van der Waals surface area contributed by atoms with Crippen LogP contribution in [0, 0.1) is 5.92 Å². The van der Waals surface area contributed by atoms with Crippen molar-refractivity contribution < 1.29 is 14.6 Å². The lowest BCUT2D eigenvalue weighted by Gasteiger charge is -2.61. The number of rotatable bonds is 4. The van der Waals surface area contributed by atoms with Crippen molar-refractivity contribution in [1.82, 2.24) is 10.2 Å². The quantitative estimate of drug-likeness (QED) is 0.741. The summed E-state index contributed by atoms with van der Waals surface area (Å²) in [5.41, 5.74) is 0.156. The molecule has 2 aliphatic carbocycles. The van der Waals surface area contributed by atoms with E-state index in [9.17, 15) is 5.11 Å². The van der Waals surface area contributed by atoms with Crippen LogP contribution in [0.25, 0.3) is 0 Å². The Bertz CT molecular complexity index is 734. The number of aliphatic hydroxyl groups is 1. The molecule has 2 unspecified atom stereocenters. The Kier molecular flexibility index (Phi) is 5.45. The molecule has 154 valence electrons. The largest absolute Gasteiger partial charge is 0.493 e. The van der Waals surface area contributed by atoms with Crippen LogP contribution >= 0.6 is 12.2 Å². The lowest BCUT2D eigenvalue weighted by Crippen LogP contribution is -2.75. The smallest absolute Gasteiger partial charge is 0.171 e. The molecule has 2 N–H and O–H groups in total. The highest BCUT2D eigenvalue weighted by molar-refractivity contribution is 7.80. The number of nitrogens with one attached hydrogen (secondary N) is 1. The number of methoxy groups -OCH3 is 2. The molecule has 5 nitrogen and oxygen atoms in total. The molecule has 0 aromatic heterocycles. The molecule has 1 spiro atoms. The normalized spacial score (nSPS) is 29.2. The number of fused-ring (bicyclic) bond motifs is 2. The molecular weight excluding hydrogens is 372 g/mol. The van der Waals surface area contributed by atoms with Crippen LogP contribution in [-0.2, 0) is 6.54 Å². The predicted molar refractivity (Wildman–Crippen MR) is 114 cm³/mol. The predicted octanol–water partition coefficient (Wildman–Crippen LogP) is 3.98. The minimum Gasteiger partial charge on any atom is -0.493 e. The number of hydrogen-bond donors (Lipinski definition) is 2. The van der Waals surface area contributed by atoms with Gasteiger partial charge in [0.15, 0.2) is 16.6 Å². The summed E-state index contributed by atoms with van der Waals surface area (Å²) in [4.78, 5) is 2.03. The van der Waals surface area contributed by atoms with Gasteiger partial charge in [-0.15, -0.1) is 0 Å². The summed E-state index contributed by atoms with van der Waals surface area (Å²) in [5, 5.41) is 16.4. The van der Waals surface area contributed by atoms with E-state index in [-0.39, 0.29) is 11.5 Å². The van der Waals surface area contributed by atoms with Gasteiger partial charge < -0.3 is 24.8 Å². The molecule has 1 aliphatic heterocycles. The summed E-state index contributed by atoms with van der Waals surface area (Å²) in [5.74, 6) is 1.63. The summed E-state index contributed by atoms with van der Waals surface area (Å²) in [6.45, 7) is 0.565. The van der Waals surface area contributed by atoms with E-state index in [1.165, 1.54) is 25.7 Å². The maximum Gasteiger partial charge on any atom is 0.171 e. The average Bonchev–Trinajstić information content (AvgIpc) is 2.71. The van der Waals surface area contributed by atoms with Gasteiger partial charge in [-0.3, -0.25) is 0 Å². The minimum absolute atomic E-state index is 0.0292. The molecule has 1 heterocycles. The van der Waals surface area contributed by atoms with Crippen molar-refractivity contribution >= 4 is 17.3 Å². The van der Waals surface area contributed by atoms with Crippen LogP contribution in [-0.4, -0.2) is 40.6 Å². The minimum atomic E-state index is -0.870. The van der Waals surface area contributed by atoms with Gasteiger partial charge in [0.05, 0.1) is 14.2 Å². The van der Waals surface area contributed by atoms with Gasteiger partial charge in [-0.1, -0.05) is 31.7 Å². The standard InChI is InChI=1S/C22H32N2O3S/c1-26-17-10-9-16(14-18(17)27-2)15-24-20(28)23-21(11-5-3-6-12-21)19-8-4-7-13-22(19,24)25/h9-10,14,19,25H,3-8,11-13,15H2,1-2H3,(H,23,28). The first kappa shape index (κ1) is 19.8. The first-order valence-electron chi connectivity index (χ1n) is 10.6. The molecular formula is C22H32N2O3S. The summed E-state index contributed by atoms with van der Waals surface area (Å²) >= 11 is 5.83. The second kappa shape index (κ2) is 7.71. The van der Waals surface area contributed by atoms with E-state index < -0.39 is 5.72 Å². The molecule has 2 atom stereocenters. The number of benzene rings is 1. The van der Waals surface area contributed by atoms with Crippen LogP contribution in [0.4, 0.5) is 0 Å². The molecule has 1 aromatic carbocycles. The maximum atomic E-state index is 12.0. The summed E-state index contributed by atoms with van der Waals surface area (Å²) in [6.07, 6.45) is 10.0. The molecule has 3 fully saturated rings. The van der Waals surface area contributed by atoms with Crippen LogP contribution in [0.2, 0.25) is 0 Å². The highest BCUT2D eigenvalue weighted by Crippen LogP contribution is 2.50. The van der Waals surface area contributed by atoms with E-state index >= 15 is 0 Å². The van der Waals surface area contributed by atoms with Gasteiger partial charge in [0.1, 0.15) is 5.72 Å². The van der Waals surface area contributed by atoms with Gasteiger partial charge in [0.25, 0.3) is 0 Å². The highest BCUT2D eigenvalue weighted by atomic mass is 32.1. The average molecular weight is 405 g/mol. The fourth-order valence-corrected chi connectivity index (χ4v) is 6.18. The van der Waals surface area contributed by atoms with E-state index in [1.807, 2.05) is 23.1 Å². The van der Waals surface area contributed by atoms with Gasteiger partial charge in [0, 0.05) is 18.0 Å². The Labute approximate surface area is 173 Å². The van der Waals surface area contributed by atoms with E-state index in [4.69, 9.17) is 21.7 Å². The summed E-state index contributed by atoms with van der Waals surface area (Å²) in [7, 11) is 3.28. The molecule has 2 saturated carbocycles. The van der Waals surface area contributed by atoms with Crippen molar-refractivity contribution in [2.75, 3.05) is 14.2 Å². The molecule has 1 saturated heterocycles. The number of ether oxygens (including phenoxy) is 2.